The smallest absolute Gasteiger partial charge is 0.332 e. The predicted molar refractivity (Wildman–Crippen MR) is 117 cm³/mol. The molecule has 0 aliphatic rings. The van der Waals surface area contributed by atoms with Crippen LogP contribution in [0.3, 0.4) is 0 Å². The number of aliphatic carboxylic acids is 1. The number of carbonyl (C=O) groups excluding carboxylic acids is 2. The summed E-state index contributed by atoms with van der Waals surface area (Å²) in [7, 11) is 3.88. The highest BCUT2D eigenvalue weighted by molar-refractivity contribution is 5.90. The van der Waals surface area contributed by atoms with Crippen LogP contribution >= 0.6 is 0 Å². The molecule has 0 heterocycles. The van der Waals surface area contributed by atoms with Gasteiger partial charge in [0.25, 0.3) is 0 Å². The summed E-state index contributed by atoms with van der Waals surface area (Å²) in [6.07, 6.45) is 1.46. The molecule has 0 saturated heterocycles. The number of hydrogen-bond donors (Lipinski definition) is 0. The average Bonchev–Trinajstić information content (AvgIpc) is 2.75. The van der Waals surface area contributed by atoms with E-state index in [1.54, 1.807) is 0 Å². The maximum Gasteiger partial charge on any atom is 0.332 e. The number of carboxylic acids is 1. The van der Waals surface area contributed by atoms with Crippen LogP contribution in [0.25, 0.3) is 0 Å². The Morgan fingerprint density at radius 2 is 1.71 bits per heavy atom. The molecule has 0 radical (unpaired) electrons. The predicted octanol–water partition coefficient (Wildman–Crippen LogP) is 2.22. The zero-order valence-corrected chi connectivity index (χ0v) is 18.2. The third kappa shape index (κ3) is 8.52. The van der Waals surface area contributed by atoms with E-state index in [0.29, 0.717) is 32.2 Å². The van der Waals surface area contributed by atoms with E-state index in [1.165, 1.54) is 0 Å². The van der Waals surface area contributed by atoms with Gasteiger partial charge >= 0.3 is 5.97 Å². The molecule has 0 spiro atoms. The van der Waals surface area contributed by atoms with Crippen LogP contribution in [0.1, 0.15) is 18.9 Å². The van der Waals surface area contributed by atoms with Gasteiger partial charge in [-0.2, -0.15) is 0 Å². The minimum absolute atomic E-state index is 0.504. The van der Waals surface area contributed by atoms with E-state index < -0.39 is 18.2 Å². The van der Waals surface area contributed by atoms with E-state index in [1.807, 2.05) is 85.4 Å². The monoisotopic (exact) mass is 425 g/mol. The zero-order valence-electron chi connectivity index (χ0n) is 18.2. The lowest BCUT2D eigenvalue weighted by Crippen LogP contribution is -2.40. The lowest BCUT2D eigenvalue weighted by molar-refractivity contribution is -0.297. The van der Waals surface area contributed by atoms with E-state index in [9.17, 15) is 14.7 Å². The largest absolute Gasteiger partial charge is 0.545 e. The first kappa shape index (κ1) is 24.0. The Bertz CT molecular complexity index is 850. The number of ether oxygens (including phenoxy) is 2. The molecule has 31 heavy (non-hydrogen) atoms. The summed E-state index contributed by atoms with van der Waals surface area (Å²) < 4.78 is 11.2. The molecule has 1 atom stereocenters. The van der Waals surface area contributed by atoms with Gasteiger partial charge < -0.3 is 29.2 Å². The van der Waals surface area contributed by atoms with Crippen molar-refractivity contribution in [1.29, 1.82) is 0 Å². The Morgan fingerprint density at radius 1 is 1.03 bits per heavy atom. The number of esters is 1. The van der Waals surface area contributed by atoms with Crippen molar-refractivity contribution < 1.29 is 24.2 Å². The van der Waals surface area contributed by atoms with Crippen molar-refractivity contribution in [1.82, 2.24) is 4.90 Å². The normalized spacial score (nSPS) is 12.0. The van der Waals surface area contributed by atoms with Crippen LogP contribution in [0, 0.1) is 0 Å². The van der Waals surface area contributed by atoms with Gasteiger partial charge in [-0.05, 0) is 56.9 Å². The third-order valence-corrected chi connectivity index (χ3v) is 4.45. The Balaban J connectivity index is 2.35. The first-order chi connectivity index (χ1) is 14.9. The van der Waals surface area contributed by atoms with Crippen molar-refractivity contribution in [2.45, 2.75) is 26.1 Å². The van der Waals surface area contributed by atoms with Crippen LogP contribution in [0.5, 0.6) is 5.75 Å². The second-order valence-electron chi connectivity index (χ2n) is 7.18. The lowest BCUT2D eigenvalue weighted by Gasteiger charge is -2.34. The molecule has 2 aromatic carbocycles. The molecule has 0 aliphatic carbocycles. The van der Waals surface area contributed by atoms with E-state index in [2.05, 4.69) is 0 Å². The molecular formula is C24H29N2O5-. The van der Waals surface area contributed by atoms with Crippen molar-refractivity contribution >= 4 is 17.6 Å². The molecule has 2 aromatic rings. The zero-order chi connectivity index (χ0) is 22.6. The van der Waals surface area contributed by atoms with Crippen LogP contribution in [0.4, 0.5) is 5.69 Å². The van der Waals surface area contributed by atoms with Gasteiger partial charge in [-0.15, -0.1) is 0 Å². The second kappa shape index (κ2) is 12.4. The number of rotatable bonds is 12. The summed E-state index contributed by atoms with van der Waals surface area (Å²) in [6, 6.07) is 17.4. The highest BCUT2D eigenvalue weighted by atomic mass is 16.6. The number of benzene rings is 2. The van der Waals surface area contributed by atoms with E-state index >= 15 is 0 Å². The Labute approximate surface area is 183 Å². The number of nitrogens with zero attached hydrogens (tertiary/aromatic N) is 2. The molecule has 7 heteroatoms. The van der Waals surface area contributed by atoms with Crippen molar-refractivity contribution in [2.75, 3.05) is 32.1 Å². The SMILES string of the molecule is CCOc1ccc(N(Cc2ccccc2)C(CCN(C)C)OC(=O)/C=C/C(=O)[O-])cc1. The molecule has 0 N–H and O–H groups in total. The minimum Gasteiger partial charge on any atom is -0.545 e. The van der Waals surface area contributed by atoms with E-state index in [4.69, 9.17) is 9.47 Å². The van der Waals surface area contributed by atoms with Crippen LogP contribution in [-0.2, 0) is 20.9 Å². The van der Waals surface area contributed by atoms with Crippen LogP contribution in [0.2, 0.25) is 0 Å². The highest BCUT2D eigenvalue weighted by Gasteiger charge is 2.23. The maximum absolute atomic E-state index is 12.3. The Kier molecular flexibility index (Phi) is 9.58. The summed E-state index contributed by atoms with van der Waals surface area (Å²) >= 11 is 0. The van der Waals surface area contributed by atoms with Crippen LogP contribution < -0.4 is 14.7 Å². The first-order valence-electron chi connectivity index (χ1n) is 10.2. The molecule has 0 amide bonds. The number of anilines is 1. The quantitative estimate of drug-likeness (QED) is 0.293. The third-order valence-electron chi connectivity index (χ3n) is 4.45. The van der Waals surface area contributed by atoms with Gasteiger partial charge in [-0.1, -0.05) is 30.3 Å². The fraction of sp³-hybridized carbons (Fsp3) is 0.333. The van der Waals surface area contributed by atoms with Crippen molar-refractivity contribution in [3.8, 4) is 5.75 Å². The molecule has 1 unspecified atom stereocenters. The molecule has 7 nitrogen and oxygen atoms in total. The van der Waals surface area contributed by atoms with Crippen LogP contribution in [0.15, 0.2) is 66.7 Å². The van der Waals surface area contributed by atoms with E-state index in [0.717, 1.165) is 23.1 Å². The topological polar surface area (TPSA) is 82.1 Å². The molecule has 0 fully saturated rings. The molecule has 2 rings (SSSR count). The van der Waals surface area contributed by atoms with E-state index in [-0.39, 0.29) is 0 Å². The van der Waals surface area contributed by atoms with Gasteiger partial charge in [-0.3, -0.25) is 0 Å². The average molecular weight is 426 g/mol. The standard InChI is InChI=1S/C24H30N2O5/c1-4-30-21-12-10-20(11-13-21)26(18-19-8-6-5-7-9-19)22(16-17-25(2)3)31-24(29)15-14-23(27)28/h5-15,22H,4,16-18H2,1-3H3,(H,27,28)/p-1/b15-14+. The Hall–Kier alpha value is -3.32. The molecule has 166 valence electrons. The molecule has 0 bridgehead atoms. The van der Waals surface area contributed by atoms with Gasteiger partial charge in [-0.25, -0.2) is 4.79 Å². The summed E-state index contributed by atoms with van der Waals surface area (Å²) in [6.45, 7) is 3.67. The molecule has 0 saturated carbocycles. The lowest BCUT2D eigenvalue weighted by atomic mass is 10.1. The molecule has 0 aliphatic heterocycles. The first-order valence-corrected chi connectivity index (χ1v) is 10.2. The summed E-state index contributed by atoms with van der Waals surface area (Å²) in [4.78, 5) is 26.9. The summed E-state index contributed by atoms with van der Waals surface area (Å²) in [5.41, 5.74) is 1.90. The van der Waals surface area contributed by atoms with Gasteiger partial charge in [0.1, 0.15) is 5.75 Å². The fourth-order valence-corrected chi connectivity index (χ4v) is 3.00. The minimum atomic E-state index is -1.45. The second-order valence-corrected chi connectivity index (χ2v) is 7.18. The van der Waals surface area contributed by atoms with Gasteiger partial charge in [0.2, 0.25) is 0 Å². The highest BCUT2D eigenvalue weighted by Crippen LogP contribution is 2.25. The van der Waals surface area contributed by atoms with Gasteiger partial charge in [0.05, 0.1) is 12.6 Å². The summed E-state index contributed by atoms with van der Waals surface area (Å²) in [5.74, 6) is -1.43. The van der Waals surface area contributed by atoms with Crippen LogP contribution in [-0.4, -0.2) is 50.3 Å². The number of carboxylic acid groups (broad SMARTS) is 1. The fourth-order valence-electron chi connectivity index (χ4n) is 3.00. The molecular weight excluding hydrogens is 396 g/mol. The van der Waals surface area contributed by atoms with Crippen molar-refractivity contribution in [3.05, 3.63) is 72.3 Å². The number of carbonyl (C=O) groups is 2. The maximum atomic E-state index is 12.3. The Morgan fingerprint density at radius 3 is 2.29 bits per heavy atom. The van der Waals surface area contributed by atoms with Crippen molar-refractivity contribution in [2.24, 2.45) is 0 Å². The van der Waals surface area contributed by atoms with Gasteiger partial charge in [0, 0.05) is 31.3 Å². The number of hydrogen-bond acceptors (Lipinski definition) is 7. The van der Waals surface area contributed by atoms with Crippen molar-refractivity contribution in [3.63, 3.8) is 0 Å². The summed E-state index contributed by atoms with van der Waals surface area (Å²) in [5, 5.41) is 10.7. The molecule has 0 aromatic heterocycles. The van der Waals surface area contributed by atoms with Gasteiger partial charge in [0.15, 0.2) is 6.23 Å².